The Labute approximate surface area is 122 Å². The summed E-state index contributed by atoms with van der Waals surface area (Å²) in [6.07, 6.45) is 1.73. The summed E-state index contributed by atoms with van der Waals surface area (Å²) in [5, 5.41) is 0. The van der Waals surface area contributed by atoms with E-state index in [1.54, 1.807) is 4.31 Å². The molecule has 2 rings (SSSR count). The number of hydrogen-bond donors (Lipinski definition) is 0. The summed E-state index contributed by atoms with van der Waals surface area (Å²) < 4.78 is 25.7. The van der Waals surface area contributed by atoms with Crippen LogP contribution < -0.4 is 4.90 Å². The Balaban J connectivity index is 1.97. The monoisotopic (exact) mass is 296 g/mol. The number of piperazine rings is 1. The van der Waals surface area contributed by atoms with Crippen molar-refractivity contribution in [3.8, 4) is 0 Å². The lowest BCUT2D eigenvalue weighted by atomic mass is 10.1. The molecule has 0 aromatic heterocycles. The Morgan fingerprint density at radius 3 is 2.10 bits per heavy atom. The molecule has 1 aromatic carbocycles. The van der Waals surface area contributed by atoms with E-state index in [1.807, 2.05) is 6.92 Å². The highest BCUT2D eigenvalue weighted by molar-refractivity contribution is 7.89. The first kappa shape index (κ1) is 15.3. The molecule has 0 bridgehead atoms. The molecule has 1 fully saturated rings. The van der Waals surface area contributed by atoms with E-state index in [-0.39, 0.29) is 5.75 Å². The standard InChI is InChI=1S/C15H24N2O2S/c1-3-13-20(18,19)17-11-9-16(10-12-17)15-7-5-14(4-2)6-8-15/h5-8H,3-4,9-13H2,1-2H3. The number of anilines is 1. The number of hydrogen-bond acceptors (Lipinski definition) is 3. The number of rotatable bonds is 5. The van der Waals surface area contributed by atoms with E-state index in [4.69, 9.17) is 0 Å². The van der Waals surface area contributed by atoms with Gasteiger partial charge in [0.1, 0.15) is 0 Å². The summed E-state index contributed by atoms with van der Waals surface area (Å²) in [6.45, 7) is 6.79. The van der Waals surface area contributed by atoms with Gasteiger partial charge in [-0.25, -0.2) is 8.42 Å². The summed E-state index contributed by atoms with van der Waals surface area (Å²) in [5.41, 5.74) is 2.52. The molecule has 112 valence electrons. The lowest BCUT2D eigenvalue weighted by Crippen LogP contribution is -2.49. The molecule has 0 unspecified atom stereocenters. The van der Waals surface area contributed by atoms with E-state index in [1.165, 1.54) is 11.3 Å². The minimum Gasteiger partial charge on any atom is -0.369 e. The van der Waals surface area contributed by atoms with Crippen LogP contribution in [0.2, 0.25) is 0 Å². The first-order valence-electron chi connectivity index (χ1n) is 7.38. The highest BCUT2D eigenvalue weighted by atomic mass is 32.2. The Kier molecular flexibility index (Phi) is 5.05. The summed E-state index contributed by atoms with van der Waals surface area (Å²) >= 11 is 0. The Bertz CT molecular complexity index is 517. The normalized spacial score (nSPS) is 17.4. The van der Waals surface area contributed by atoms with Gasteiger partial charge in [0.25, 0.3) is 0 Å². The Morgan fingerprint density at radius 2 is 1.60 bits per heavy atom. The molecule has 0 saturated carbocycles. The van der Waals surface area contributed by atoms with Gasteiger partial charge in [-0.1, -0.05) is 26.0 Å². The van der Waals surface area contributed by atoms with Gasteiger partial charge in [0.05, 0.1) is 5.75 Å². The van der Waals surface area contributed by atoms with Crippen molar-refractivity contribution in [2.75, 3.05) is 36.8 Å². The molecule has 1 aliphatic rings. The predicted molar refractivity (Wildman–Crippen MR) is 83.7 cm³/mol. The van der Waals surface area contributed by atoms with Crippen molar-refractivity contribution in [1.82, 2.24) is 4.31 Å². The van der Waals surface area contributed by atoms with Crippen molar-refractivity contribution in [3.63, 3.8) is 0 Å². The van der Waals surface area contributed by atoms with Gasteiger partial charge in [0.2, 0.25) is 10.0 Å². The summed E-state index contributed by atoms with van der Waals surface area (Å²) in [5.74, 6) is 0.262. The molecule has 1 aliphatic heterocycles. The summed E-state index contributed by atoms with van der Waals surface area (Å²) in [4.78, 5) is 2.26. The number of aryl methyl sites for hydroxylation is 1. The maximum Gasteiger partial charge on any atom is 0.214 e. The Hall–Kier alpha value is -1.07. The lowest BCUT2D eigenvalue weighted by Gasteiger charge is -2.35. The van der Waals surface area contributed by atoms with Crippen molar-refractivity contribution in [2.24, 2.45) is 0 Å². The average Bonchev–Trinajstić information content (AvgIpc) is 2.47. The molecule has 0 spiro atoms. The first-order chi connectivity index (χ1) is 9.56. The van der Waals surface area contributed by atoms with Crippen molar-refractivity contribution < 1.29 is 8.42 Å². The van der Waals surface area contributed by atoms with E-state index in [0.29, 0.717) is 19.5 Å². The number of nitrogens with zero attached hydrogens (tertiary/aromatic N) is 2. The second kappa shape index (κ2) is 6.59. The van der Waals surface area contributed by atoms with Crippen LogP contribution in [0.5, 0.6) is 0 Å². The van der Waals surface area contributed by atoms with E-state index < -0.39 is 10.0 Å². The summed E-state index contributed by atoms with van der Waals surface area (Å²) in [6, 6.07) is 8.56. The quantitative estimate of drug-likeness (QED) is 0.835. The van der Waals surface area contributed by atoms with Crippen LogP contribution >= 0.6 is 0 Å². The molecule has 20 heavy (non-hydrogen) atoms. The van der Waals surface area contributed by atoms with Gasteiger partial charge >= 0.3 is 0 Å². The van der Waals surface area contributed by atoms with Crippen LogP contribution in [0.25, 0.3) is 0 Å². The van der Waals surface area contributed by atoms with Crippen LogP contribution in [0, 0.1) is 0 Å². The van der Waals surface area contributed by atoms with E-state index >= 15 is 0 Å². The number of sulfonamides is 1. The van der Waals surface area contributed by atoms with Crippen LogP contribution in [-0.4, -0.2) is 44.7 Å². The van der Waals surface area contributed by atoms with Crippen LogP contribution in [0.1, 0.15) is 25.8 Å². The Morgan fingerprint density at radius 1 is 1.00 bits per heavy atom. The van der Waals surface area contributed by atoms with E-state index in [9.17, 15) is 8.42 Å². The predicted octanol–water partition coefficient (Wildman–Crippen LogP) is 2.11. The first-order valence-corrected chi connectivity index (χ1v) is 8.99. The SMILES string of the molecule is CCCS(=O)(=O)N1CCN(c2ccc(CC)cc2)CC1. The van der Waals surface area contributed by atoms with Crippen LogP contribution in [-0.2, 0) is 16.4 Å². The van der Waals surface area contributed by atoms with Crippen molar-refractivity contribution >= 4 is 15.7 Å². The van der Waals surface area contributed by atoms with Crippen molar-refractivity contribution in [1.29, 1.82) is 0 Å². The van der Waals surface area contributed by atoms with Crippen LogP contribution in [0.3, 0.4) is 0 Å². The fourth-order valence-corrected chi connectivity index (χ4v) is 4.05. The van der Waals surface area contributed by atoms with Gasteiger partial charge in [0, 0.05) is 31.9 Å². The van der Waals surface area contributed by atoms with Crippen LogP contribution in [0.15, 0.2) is 24.3 Å². The second-order valence-electron chi connectivity index (χ2n) is 5.22. The van der Waals surface area contributed by atoms with Gasteiger partial charge in [0.15, 0.2) is 0 Å². The second-order valence-corrected chi connectivity index (χ2v) is 7.31. The van der Waals surface area contributed by atoms with Crippen LogP contribution in [0.4, 0.5) is 5.69 Å². The third kappa shape index (κ3) is 3.52. The molecule has 0 aliphatic carbocycles. The zero-order valence-electron chi connectivity index (χ0n) is 12.4. The zero-order chi connectivity index (χ0) is 14.6. The lowest BCUT2D eigenvalue weighted by molar-refractivity contribution is 0.384. The van der Waals surface area contributed by atoms with Gasteiger partial charge in [-0.05, 0) is 30.5 Å². The number of benzene rings is 1. The highest BCUT2D eigenvalue weighted by Crippen LogP contribution is 2.19. The largest absolute Gasteiger partial charge is 0.369 e. The zero-order valence-corrected chi connectivity index (χ0v) is 13.2. The fourth-order valence-electron chi connectivity index (χ4n) is 2.55. The third-order valence-corrected chi connectivity index (χ3v) is 5.88. The molecule has 5 heteroatoms. The van der Waals surface area contributed by atoms with Gasteiger partial charge in [-0.2, -0.15) is 4.31 Å². The molecule has 4 nitrogen and oxygen atoms in total. The molecule has 0 radical (unpaired) electrons. The maximum absolute atomic E-state index is 12.0. The topological polar surface area (TPSA) is 40.6 Å². The molecule has 1 heterocycles. The molecule has 0 amide bonds. The van der Waals surface area contributed by atoms with Gasteiger partial charge in [-0.3, -0.25) is 0 Å². The minimum absolute atomic E-state index is 0.262. The maximum atomic E-state index is 12.0. The molecule has 0 atom stereocenters. The van der Waals surface area contributed by atoms with E-state index in [2.05, 4.69) is 36.1 Å². The van der Waals surface area contributed by atoms with E-state index in [0.717, 1.165) is 19.5 Å². The molecular formula is C15H24N2O2S. The smallest absolute Gasteiger partial charge is 0.214 e. The van der Waals surface area contributed by atoms with Gasteiger partial charge < -0.3 is 4.90 Å². The van der Waals surface area contributed by atoms with Crippen molar-refractivity contribution in [2.45, 2.75) is 26.7 Å². The average molecular weight is 296 g/mol. The molecule has 1 saturated heterocycles. The third-order valence-electron chi connectivity index (χ3n) is 3.80. The van der Waals surface area contributed by atoms with Gasteiger partial charge in [-0.15, -0.1) is 0 Å². The minimum atomic E-state index is -3.04. The van der Waals surface area contributed by atoms with Crippen molar-refractivity contribution in [3.05, 3.63) is 29.8 Å². The molecule has 1 aromatic rings. The molecular weight excluding hydrogens is 272 g/mol. The molecule has 0 N–H and O–H groups in total. The fraction of sp³-hybridized carbons (Fsp3) is 0.600. The summed E-state index contributed by atoms with van der Waals surface area (Å²) in [7, 11) is -3.04. The highest BCUT2D eigenvalue weighted by Gasteiger charge is 2.26.